The average Bonchev–Trinajstić information content (AvgIpc) is 2.77. The molecule has 0 radical (unpaired) electrons. The van der Waals surface area contributed by atoms with Gasteiger partial charge in [0.15, 0.2) is 5.82 Å². The first kappa shape index (κ1) is 15.5. The Morgan fingerprint density at radius 2 is 2.00 bits per heavy atom. The Labute approximate surface area is 135 Å². The van der Waals surface area contributed by atoms with Crippen LogP contribution in [0.25, 0.3) is 0 Å². The van der Waals surface area contributed by atoms with E-state index < -0.39 is 5.97 Å². The molecular weight excluding hydrogens is 292 g/mol. The minimum Gasteiger partial charge on any atom is -0.481 e. The number of aromatic nitrogens is 2. The first-order valence-electron chi connectivity index (χ1n) is 7.98. The van der Waals surface area contributed by atoms with Gasteiger partial charge in [0.2, 0.25) is 5.82 Å². The van der Waals surface area contributed by atoms with Crippen molar-refractivity contribution in [3.05, 3.63) is 11.5 Å². The van der Waals surface area contributed by atoms with Crippen molar-refractivity contribution in [2.45, 2.75) is 38.5 Å². The fourth-order valence-corrected chi connectivity index (χ4v) is 3.60. The van der Waals surface area contributed by atoms with Crippen LogP contribution in [0.15, 0.2) is 4.99 Å². The number of aryl methyl sites for hydroxylation is 1. The van der Waals surface area contributed by atoms with Crippen molar-refractivity contribution in [2.24, 2.45) is 22.7 Å². The lowest BCUT2D eigenvalue weighted by Gasteiger charge is -2.30. The number of aliphatic carboxylic acids is 1. The van der Waals surface area contributed by atoms with E-state index in [0.29, 0.717) is 29.2 Å². The summed E-state index contributed by atoms with van der Waals surface area (Å²) in [6.07, 6.45) is 12.4. The van der Waals surface area contributed by atoms with Gasteiger partial charge in [-0.25, -0.2) is 9.97 Å². The lowest BCUT2D eigenvalue weighted by atomic mass is 9.75. The standard InChI is InChI=1S/C17H20N4O2/c1-2-14-20-13-8-7-12(9-19-15(13)16(18)21-14)10-3-5-11(6-4-10)17(22)23/h1,9-12H,3-8H2,(H,22,23)(H2,18,20,21)/t10-,11+,12?. The number of carboxylic acids is 1. The lowest BCUT2D eigenvalue weighted by Crippen LogP contribution is -2.26. The van der Waals surface area contributed by atoms with Gasteiger partial charge in [-0.2, -0.15) is 0 Å². The molecule has 2 heterocycles. The van der Waals surface area contributed by atoms with E-state index in [9.17, 15) is 4.79 Å². The zero-order chi connectivity index (χ0) is 16.4. The maximum absolute atomic E-state index is 11.1. The molecule has 1 aromatic rings. The largest absolute Gasteiger partial charge is 0.481 e. The molecule has 1 aromatic heterocycles. The van der Waals surface area contributed by atoms with E-state index in [1.165, 1.54) is 0 Å². The number of terminal acetylenes is 1. The molecule has 0 amide bonds. The number of carbonyl (C=O) groups is 1. The maximum atomic E-state index is 11.1. The highest BCUT2D eigenvalue weighted by molar-refractivity contribution is 5.74. The fourth-order valence-electron chi connectivity index (χ4n) is 3.60. The van der Waals surface area contributed by atoms with Gasteiger partial charge in [0.05, 0.1) is 11.6 Å². The molecule has 0 bridgehead atoms. The van der Waals surface area contributed by atoms with E-state index in [1.807, 2.05) is 6.21 Å². The Balaban J connectivity index is 1.73. The predicted molar refractivity (Wildman–Crippen MR) is 87.4 cm³/mol. The van der Waals surface area contributed by atoms with Gasteiger partial charge in [-0.1, -0.05) is 0 Å². The van der Waals surface area contributed by atoms with Crippen molar-refractivity contribution < 1.29 is 9.90 Å². The Kier molecular flexibility index (Phi) is 4.28. The van der Waals surface area contributed by atoms with E-state index in [0.717, 1.165) is 44.2 Å². The average molecular weight is 312 g/mol. The molecule has 1 atom stereocenters. The van der Waals surface area contributed by atoms with Gasteiger partial charge in [-0.3, -0.25) is 9.79 Å². The molecule has 1 aliphatic heterocycles. The maximum Gasteiger partial charge on any atom is 0.306 e. The van der Waals surface area contributed by atoms with Crippen LogP contribution in [-0.2, 0) is 11.2 Å². The Morgan fingerprint density at radius 3 is 2.65 bits per heavy atom. The zero-order valence-corrected chi connectivity index (χ0v) is 12.9. The van der Waals surface area contributed by atoms with Crippen LogP contribution in [0.4, 0.5) is 11.5 Å². The van der Waals surface area contributed by atoms with E-state index in [2.05, 4.69) is 20.9 Å². The smallest absolute Gasteiger partial charge is 0.306 e. The number of rotatable bonds is 2. The molecule has 1 aliphatic carbocycles. The summed E-state index contributed by atoms with van der Waals surface area (Å²) in [6, 6.07) is 0. The molecule has 3 N–H and O–H groups in total. The minimum atomic E-state index is -0.671. The second-order valence-electron chi connectivity index (χ2n) is 6.30. The molecule has 3 rings (SSSR count). The summed E-state index contributed by atoms with van der Waals surface area (Å²) in [5.74, 6) is 2.99. The van der Waals surface area contributed by atoms with Crippen LogP contribution in [0.1, 0.15) is 43.6 Å². The Hall–Kier alpha value is -2.42. The molecule has 6 nitrogen and oxygen atoms in total. The summed E-state index contributed by atoms with van der Waals surface area (Å²) in [6.45, 7) is 0. The first-order valence-corrected chi connectivity index (χ1v) is 7.98. The van der Waals surface area contributed by atoms with Gasteiger partial charge in [-0.15, -0.1) is 6.42 Å². The normalized spacial score (nSPS) is 26.8. The van der Waals surface area contributed by atoms with E-state index in [1.54, 1.807) is 0 Å². The highest BCUT2D eigenvalue weighted by Gasteiger charge is 2.31. The number of nitrogens with zero attached hydrogens (tertiary/aromatic N) is 3. The molecule has 1 saturated carbocycles. The van der Waals surface area contributed by atoms with Crippen molar-refractivity contribution in [2.75, 3.05) is 5.73 Å². The number of anilines is 1. The van der Waals surface area contributed by atoms with Crippen LogP contribution in [0.2, 0.25) is 0 Å². The molecule has 0 aromatic carbocycles. The fraction of sp³-hybridized carbons (Fsp3) is 0.529. The summed E-state index contributed by atoms with van der Waals surface area (Å²) in [5.41, 5.74) is 7.38. The molecule has 6 heteroatoms. The summed E-state index contributed by atoms with van der Waals surface area (Å²) in [4.78, 5) is 24.0. The topological polar surface area (TPSA) is 101 Å². The van der Waals surface area contributed by atoms with Gasteiger partial charge >= 0.3 is 5.97 Å². The number of nitrogen functional groups attached to an aromatic ring is 1. The molecular formula is C17H20N4O2. The molecule has 23 heavy (non-hydrogen) atoms. The second-order valence-corrected chi connectivity index (χ2v) is 6.30. The van der Waals surface area contributed by atoms with Gasteiger partial charge in [0, 0.05) is 6.21 Å². The van der Waals surface area contributed by atoms with Gasteiger partial charge in [0.25, 0.3) is 0 Å². The molecule has 1 unspecified atom stereocenters. The molecule has 0 spiro atoms. The van der Waals surface area contributed by atoms with E-state index in [4.69, 9.17) is 17.3 Å². The monoisotopic (exact) mass is 312 g/mol. The van der Waals surface area contributed by atoms with Gasteiger partial charge in [0.1, 0.15) is 5.69 Å². The predicted octanol–water partition coefficient (Wildman–Crippen LogP) is 2.20. The summed E-state index contributed by atoms with van der Waals surface area (Å²) < 4.78 is 0. The number of fused-ring (bicyclic) bond motifs is 1. The molecule has 120 valence electrons. The lowest BCUT2D eigenvalue weighted by molar-refractivity contribution is -0.143. The summed E-state index contributed by atoms with van der Waals surface area (Å²) in [5, 5.41) is 9.11. The third kappa shape index (κ3) is 3.19. The van der Waals surface area contributed by atoms with Crippen LogP contribution >= 0.6 is 0 Å². The van der Waals surface area contributed by atoms with Crippen LogP contribution in [0, 0.1) is 30.1 Å². The second kappa shape index (κ2) is 6.37. The minimum absolute atomic E-state index is 0.189. The van der Waals surface area contributed by atoms with Crippen LogP contribution in [-0.4, -0.2) is 27.3 Å². The van der Waals surface area contributed by atoms with Crippen molar-refractivity contribution in [3.8, 4) is 12.3 Å². The zero-order valence-electron chi connectivity index (χ0n) is 12.9. The van der Waals surface area contributed by atoms with Gasteiger partial charge in [-0.05, 0) is 56.3 Å². The van der Waals surface area contributed by atoms with E-state index >= 15 is 0 Å². The third-order valence-corrected chi connectivity index (χ3v) is 4.95. The van der Waals surface area contributed by atoms with Gasteiger partial charge < -0.3 is 10.8 Å². The highest BCUT2D eigenvalue weighted by Crippen LogP contribution is 2.37. The summed E-state index contributed by atoms with van der Waals surface area (Å²) in [7, 11) is 0. The van der Waals surface area contributed by atoms with E-state index in [-0.39, 0.29) is 5.92 Å². The first-order chi connectivity index (χ1) is 11.1. The molecule has 1 fully saturated rings. The van der Waals surface area contributed by atoms with Crippen molar-refractivity contribution in [3.63, 3.8) is 0 Å². The summed E-state index contributed by atoms with van der Waals surface area (Å²) >= 11 is 0. The number of carboxylic acid groups (broad SMARTS) is 1. The number of nitrogens with two attached hydrogens (primary N) is 1. The van der Waals surface area contributed by atoms with Crippen LogP contribution in [0.3, 0.4) is 0 Å². The quantitative estimate of drug-likeness (QED) is 0.815. The number of aliphatic imine (C=N–C) groups is 1. The Bertz CT molecular complexity index is 685. The van der Waals surface area contributed by atoms with Crippen LogP contribution in [0.5, 0.6) is 0 Å². The van der Waals surface area contributed by atoms with Crippen molar-refractivity contribution in [1.29, 1.82) is 0 Å². The molecule has 0 saturated heterocycles. The number of hydrogen-bond acceptors (Lipinski definition) is 5. The van der Waals surface area contributed by atoms with Crippen molar-refractivity contribution >= 4 is 23.7 Å². The number of hydrogen-bond donors (Lipinski definition) is 2. The third-order valence-electron chi connectivity index (χ3n) is 4.95. The van der Waals surface area contributed by atoms with Crippen LogP contribution < -0.4 is 5.73 Å². The van der Waals surface area contributed by atoms with Crippen molar-refractivity contribution in [1.82, 2.24) is 9.97 Å². The highest BCUT2D eigenvalue weighted by atomic mass is 16.4. The molecule has 2 aliphatic rings. The Morgan fingerprint density at radius 1 is 1.26 bits per heavy atom. The SMILES string of the molecule is C#Cc1nc(N)c2c(n1)CCC([C@H]1CC[C@@H](C(=O)O)CC1)C=N2.